The third-order valence-corrected chi connectivity index (χ3v) is 13.1. The van der Waals surface area contributed by atoms with E-state index in [0.29, 0.717) is 16.7 Å². The number of nitrogens with one attached hydrogen (secondary N) is 2. The second kappa shape index (κ2) is 18.5. The van der Waals surface area contributed by atoms with E-state index in [0.717, 1.165) is 75.4 Å². The molecule has 0 unspecified atom stereocenters. The van der Waals surface area contributed by atoms with Crippen molar-refractivity contribution in [1.82, 2.24) is 19.8 Å². The summed E-state index contributed by atoms with van der Waals surface area (Å²) < 4.78 is 30.1. The van der Waals surface area contributed by atoms with Crippen LogP contribution < -0.4 is 19.8 Å². The van der Waals surface area contributed by atoms with Crippen LogP contribution in [0, 0.1) is 10.1 Å². The molecule has 0 amide bonds. The van der Waals surface area contributed by atoms with E-state index >= 15 is 0 Å². The number of piperazine rings is 1. The van der Waals surface area contributed by atoms with Gasteiger partial charge >= 0.3 is 0 Å². The topological polar surface area (TPSA) is 140 Å². The molecule has 1 aromatic heterocycles. The van der Waals surface area contributed by atoms with Crippen molar-refractivity contribution in [2.45, 2.75) is 48.1 Å². The fourth-order valence-electron chi connectivity index (χ4n) is 7.50. The Morgan fingerprint density at radius 3 is 2.37 bits per heavy atom. The van der Waals surface area contributed by atoms with Gasteiger partial charge in [-0.2, -0.15) is 0 Å². The van der Waals surface area contributed by atoms with Crippen LogP contribution in [0.1, 0.15) is 31.2 Å². The Labute approximate surface area is 339 Å². The molecule has 2 saturated heterocycles. The second-order valence-corrected chi connectivity index (χ2v) is 17.7. The van der Waals surface area contributed by atoms with Gasteiger partial charge in [0.15, 0.2) is 5.82 Å². The van der Waals surface area contributed by atoms with Crippen LogP contribution in [-0.2, 0) is 16.6 Å². The van der Waals surface area contributed by atoms with Crippen LogP contribution in [0.3, 0.4) is 0 Å². The van der Waals surface area contributed by atoms with Gasteiger partial charge in [0.2, 0.25) is 0 Å². The highest BCUT2D eigenvalue weighted by atomic mass is 32.2. The minimum Gasteiger partial charge on any atom is -0.376 e. The van der Waals surface area contributed by atoms with Crippen LogP contribution in [0.4, 0.5) is 28.6 Å². The first-order valence-electron chi connectivity index (χ1n) is 19.6. The van der Waals surface area contributed by atoms with Crippen molar-refractivity contribution >= 4 is 61.3 Å². The molecule has 57 heavy (non-hydrogen) atoms. The van der Waals surface area contributed by atoms with Gasteiger partial charge in [0.1, 0.15) is 12.0 Å². The Morgan fingerprint density at radius 1 is 0.860 bits per heavy atom. The molecule has 300 valence electrons. The molecule has 7 rings (SSSR count). The average molecular weight is 810 g/mol. The van der Waals surface area contributed by atoms with Crippen LogP contribution in [0.15, 0.2) is 107 Å². The number of piperidine rings is 1. The van der Waals surface area contributed by atoms with E-state index in [1.54, 1.807) is 11.8 Å². The molecule has 0 saturated carbocycles. The maximum absolute atomic E-state index is 13.7. The van der Waals surface area contributed by atoms with Crippen LogP contribution in [0.25, 0.3) is 10.9 Å². The molecule has 0 spiro atoms. The maximum atomic E-state index is 13.7. The molecule has 1 atom stereocenters. The zero-order valence-electron chi connectivity index (χ0n) is 32.6. The molecule has 0 bridgehead atoms. The van der Waals surface area contributed by atoms with Crippen molar-refractivity contribution in [3.05, 3.63) is 113 Å². The summed E-state index contributed by atoms with van der Waals surface area (Å²) >= 11 is 1.66. The van der Waals surface area contributed by atoms with Gasteiger partial charge in [-0.25, -0.2) is 18.4 Å². The zero-order chi connectivity index (χ0) is 39.8. The summed E-state index contributed by atoms with van der Waals surface area (Å²) in [4.78, 5) is 30.8. The summed E-state index contributed by atoms with van der Waals surface area (Å²) in [5.74, 6) is 0.777. The monoisotopic (exact) mass is 809 g/mol. The normalized spacial score (nSPS) is 15.8. The minimum atomic E-state index is -4.25. The molecule has 5 aromatic rings. The third kappa shape index (κ3) is 10.3. The van der Waals surface area contributed by atoms with Gasteiger partial charge in [-0.15, -0.1) is 11.8 Å². The molecule has 2 N–H and O–H groups in total. The van der Waals surface area contributed by atoms with Crippen LogP contribution >= 0.6 is 11.8 Å². The fraction of sp³-hybridized carbons (Fsp3) is 0.381. The molecule has 2 fully saturated rings. The first kappa shape index (κ1) is 40.2. The number of fused-ring (bicyclic) bond motifs is 1. The first-order chi connectivity index (χ1) is 27.6. The molecule has 3 heterocycles. The van der Waals surface area contributed by atoms with E-state index in [2.05, 4.69) is 63.9 Å². The number of hydrogen-bond acceptors (Lipinski definition) is 12. The van der Waals surface area contributed by atoms with Gasteiger partial charge in [-0.3, -0.25) is 19.7 Å². The molecule has 2 aliphatic heterocycles. The van der Waals surface area contributed by atoms with Crippen molar-refractivity contribution in [2.24, 2.45) is 0 Å². The molecule has 13 nitrogen and oxygen atoms in total. The summed E-state index contributed by atoms with van der Waals surface area (Å²) in [6, 6.07) is 28.4. The second-order valence-electron chi connectivity index (χ2n) is 15.0. The summed E-state index contributed by atoms with van der Waals surface area (Å²) in [5.41, 5.74) is 4.29. The number of rotatable bonds is 16. The Kier molecular flexibility index (Phi) is 13.1. The van der Waals surface area contributed by atoms with Crippen molar-refractivity contribution < 1.29 is 13.3 Å². The SMILES string of the molecule is CN(C)CC[C@H](CSc1ccccc1)Nc1ccc(S(=O)(=O)Nc2ncnc3cc(N4CCN(Cc5ccccc5N5CCCCC5)CC4)ccc23)cc1[N+](=O)[O-]. The van der Waals surface area contributed by atoms with Crippen LogP contribution in [-0.4, -0.2) is 105 Å². The van der Waals surface area contributed by atoms with Gasteiger partial charge in [0.25, 0.3) is 15.7 Å². The number of sulfonamides is 1. The van der Waals surface area contributed by atoms with E-state index in [4.69, 9.17) is 0 Å². The lowest BCUT2D eigenvalue weighted by Gasteiger charge is -2.37. The van der Waals surface area contributed by atoms with Gasteiger partial charge in [-0.1, -0.05) is 36.4 Å². The predicted molar refractivity (Wildman–Crippen MR) is 231 cm³/mol. The molecular formula is C42H51N9O4S2. The number of hydrogen-bond donors (Lipinski definition) is 2. The number of aromatic nitrogens is 2. The maximum Gasteiger partial charge on any atom is 0.293 e. The lowest BCUT2D eigenvalue weighted by molar-refractivity contribution is -0.384. The summed E-state index contributed by atoms with van der Waals surface area (Å²) in [7, 11) is -0.286. The number of thioether (sulfide) groups is 1. The lowest BCUT2D eigenvalue weighted by Crippen LogP contribution is -2.46. The van der Waals surface area contributed by atoms with E-state index < -0.39 is 14.9 Å². The van der Waals surface area contributed by atoms with E-state index in [1.165, 1.54) is 49.0 Å². The molecule has 0 radical (unpaired) electrons. The Morgan fingerprint density at radius 2 is 1.61 bits per heavy atom. The molecular weight excluding hydrogens is 759 g/mol. The highest BCUT2D eigenvalue weighted by Gasteiger charge is 2.25. The average Bonchev–Trinajstić information content (AvgIpc) is 3.22. The first-order valence-corrected chi connectivity index (χ1v) is 22.0. The molecule has 4 aromatic carbocycles. The number of para-hydroxylation sites is 1. The third-order valence-electron chi connectivity index (χ3n) is 10.6. The summed E-state index contributed by atoms with van der Waals surface area (Å²) in [6.45, 7) is 7.50. The fourth-order valence-corrected chi connectivity index (χ4v) is 9.54. The quantitative estimate of drug-likeness (QED) is 0.0593. The largest absolute Gasteiger partial charge is 0.376 e. The van der Waals surface area contributed by atoms with Crippen molar-refractivity contribution in [1.29, 1.82) is 0 Å². The molecule has 15 heteroatoms. The van der Waals surface area contributed by atoms with Crippen molar-refractivity contribution in [3.63, 3.8) is 0 Å². The minimum absolute atomic E-state index is 0.107. The smallest absolute Gasteiger partial charge is 0.293 e. The zero-order valence-corrected chi connectivity index (χ0v) is 34.2. The van der Waals surface area contributed by atoms with Gasteiger partial charge in [0.05, 0.1) is 15.3 Å². The van der Waals surface area contributed by atoms with Crippen LogP contribution in [0.2, 0.25) is 0 Å². The number of benzene rings is 4. The summed E-state index contributed by atoms with van der Waals surface area (Å²) in [5, 5.41) is 16.2. The lowest BCUT2D eigenvalue weighted by atomic mass is 10.1. The van der Waals surface area contributed by atoms with Gasteiger partial charge < -0.3 is 20.0 Å². The highest BCUT2D eigenvalue weighted by molar-refractivity contribution is 7.99. The Balaban J connectivity index is 1.02. The standard InChI is InChI=1S/C42H51N9O4S2/c1-47(2)22-19-33(30-56-35-12-5-3-6-13-35)45-38-18-16-36(28-41(38)51(52)53)57(54,55)46-42-37-17-15-34(27-39(37)43-31-44-42)49-25-23-48(24-26-49)29-32-11-7-8-14-40(32)50-20-9-4-10-21-50/h3,5-8,11-18,27-28,31,33,45H,4,9-10,19-26,29-30H2,1-2H3,(H,43,44,46)/t33-/m1/s1. The van der Waals surface area contributed by atoms with Gasteiger partial charge in [-0.05, 0) is 100 Å². The molecule has 2 aliphatic rings. The van der Waals surface area contributed by atoms with Gasteiger partial charge in [0, 0.05) is 85.3 Å². The van der Waals surface area contributed by atoms with E-state index in [1.807, 2.05) is 62.6 Å². The number of nitro groups is 1. The number of nitro benzene ring substituents is 1. The van der Waals surface area contributed by atoms with E-state index in [9.17, 15) is 18.5 Å². The highest BCUT2D eigenvalue weighted by Crippen LogP contribution is 2.33. The number of anilines is 4. The summed E-state index contributed by atoms with van der Waals surface area (Å²) in [6.07, 6.45) is 5.88. The molecule has 0 aliphatic carbocycles. The Bertz CT molecular complexity index is 2250. The van der Waals surface area contributed by atoms with Crippen LogP contribution in [0.5, 0.6) is 0 Å². The predicted octanol–water partition coefficient (Wildman–Crippen LogP) is 7.18. The Hall–Kier alpha value is -4.96. The van der Waals surface area contributed by atoms with E-state index in [-0.39, 0.29) is 28.1 Å². The van der Waals surface area contributed by atoms with Crippen molar-refractivity contribution in [3.8, 4) is 0 Å². The van der Waals surface area contributed by atoms with Crippen molar-refractivity contribution in [2.75, 3.05) is 85.5 Å². The number of nitrogens with zero attached hydrogens (tertiary/aromatic N) is 7.